The molecule has 15 heavy (non-hydrogen) atoms. The SMILES string of the molecule is CCCc1nccn1-c1ccc(N)nn1. The van der Waals surface area contributed by atoms with Crippen LogP contribution in [0.25, 0.3) is 5.82 Å². The smallest absolute Gasteiger partial charge is 0.160 e. The average molecular weight is 203 g/mol. The van der Waals surface area contributed by atoms with Crippen molar-refractivity contribution >= 4 is 5.82 Å². The fraction of sp³-hybridized carbons (Fsp3) is 0.300. The Balaban J connectivity index is 2.36. The van der Waals surface area contributed by atoms with E-state index in [1.54, 1.807) is 12.3 Å². The zero-order valence-corrected chi connectivity index (χ0v) is 8.59. The highest BCUT2D eigenvalue weighted by Gasteiger charge is 2.04. The summed E-state index contributed by atoms with van der Waals surface area (Å²) >= 11 is 0. The number of imidazole rings is 1. The number of nitrogens with zero attached hydrogens (tertiary/aromatic N) is 4. The van der Waals surface area contributed by atoms with E-state index in [4.69, 9.17) is 5.73 Å². The first kappa shape index (κ1) is 9.64. The number of aryl methyl sites for hydroxylation is 1. The maximum absolute atomic E-state index is 5.48. The Kier molecular flexibility index (Phi) is 2.62. The molecule has 0 aliphatic heterocycles. The van der Waals surface area contributed by atoms with Gasteiger partial charge in [-0.3, -0.25) is 4.57 Å². The van der Waals surface area contributed by atoms with Crippen molar-refractivity contribution < 1.29 is 0 Å². The number of hydrogen-bond donors (Lipinski definition) is 1. The van der Waals surface area contributed by atoms with Crippen molar-refractivity contribution in [3.8, 4) is 5.82 Å². The number of nitrogens with two attached hydrogens (primary N) is 1. The van der Waals surface area contributed by atoms with Gasteiger partial charge < -0.3 is 5.73 Å². The molecular formula is C10H13N5. The molecule has 0 atom stereocenters. The second kappa shape index (κ2) is 4.08. The molecule has 2 aromatic rings. The lowest BCUT2D eigenvalue weighted by atomic mass is 10.3. The zero-order valence-electron chi connectivity index (χ0n) is 8.59. The van der Waals surface area contributed by atoms with Gasteiger partial charge in [-0.15, -0.1) is 10.2 Å². The number of aromatic nitrogens is 4. The topological polar surface area (TPSA) is 69.6 Å². The van der Waals surface area contributed by atoms with Crippen molar-refractivity contribution in [2.24, 2.45) is 0 Å². The maximum atomic E-state index is 5.48. The first-order valence-corrected chi connectivity index (χ1v) is 4.93. The van der Waals surface area contributed by atoms with Gasteiger partial charge in [0.25, 0.3) is 0 Å². The van der Waals surface area contributed by atoms with E-state index in [1.807, 2.05) is 16.8 Å². The monoisotopic (exact) mass is 203 g/mol. The lowest BCUT2D eigenvalue weighted by Crippen LogP contribution is -2.04. The van der Waals surface area contributed by atoms with Crippen LogP contribution in [0.1, 0.15) is 19.2 Å². The Bertz CT molecular complexity index is 431. The van der Waals surface area contributed by atoms with Crippen LogP contribution in [0.15, 0.2) is 24.5 Å². The molecule has 0 saturated carbocycles. The highest BCUT2D eigenvalue weighted by molar-refractivity contribution is 5.32. The summed E-state index contributed by atoms with van der Waals surface area (Å²) in [4.78, 5) is 4.27. The molecule has 0 aliphatic rings. The molecule has 0 unspecified atom stereocenters. The third kappa shape index (κ3) is 1.96. The highest BCUT2D eigenvalue weighted by Crippen LogP contribution is 2.09. The largest absolute Gasteiger partial charge is 0.382 e. The number of anilines is 1. The minimum Gasteiger partial charge on any atom is -0.382 e. The van der Waals surface area contributed by atoms with Gasteiger partial charge in [0.05, 0.1) is 0 Å². The van der Waals surface area contributed by atoms with Crippen molar-refractivity contribution in [1.82, 2.24) is 19.7 Å². The fourth-order valence-electron chi connectivity index (χ4n) is 1.42. The van der Waals surface area contributed by atoms with Crippen LogP contribution in [-0.2, 0) is 6.42 Å². The predicted octanol–water partition coefficient (Wildman–Crippen LogP) is 1.20. The number of nitrogen functional groups attached to an aromatic ring is 1. The molecular weight excluding hydrogens is 190 g/mol. The van der Waals surface area contributed by atoms with E-state index in [-0.39, 0.29) is 0 Å². The standard InChI is InChI=1S/C10H13N5/c1-2-3-9-12-6-7-15(9)10-5-4-8(11)13-14-10/h4-7H,2-3H2,1H3,(H2,11,13). The minimum absolute atomic E-state index is 0.427. The molecule has 0 radical (unpaired) electrons. The van der Waals surface area contributed by atoms with E-state index in [9.17, 15) is 0 Å². The van der Waals surface area contributed by atoms with Gasteiger partial charge in [0, 0.05) is 18.8 Å². The molecule has 2 aromatic heterocycles. The van der Waals surface area contributed by atoms with Gasteiger partial charge in [-0.2, -0.15) is 0 Å². The van der Waals surface area contributed by atoms with E-state index in [1.165, 1.54) is 0 Å². The Morgan fingerprint density at radius 1 is 1.33 bits per heavy atom. The molecule has 5 heteroatoms. The van der Waals surface area contributed by atoms with Crippen molar-refractivity contribution in [3.63, 3.8) is 0 Å². The predicted molar refractivity (Wildman–Crippen MR) is 57.6 cm³/mol. The molecule has 5 nitrogen and oxygen atoms in total. The molecule has 78 valence electrons. The van der Waals surface area contributed by atoms with Gasteiger partial charge >= 0.3 is 0 Å². The summed E-state index contributed by atoms with van der Waals surface area (Å²) in [5.41, 5.74) is 5.48. The van der Waals surface area contributed by atoms with Crippen molar-refractivity contribution in [2.75, 3.05) is 5.73 Å². The quantitative estimate of drug-likeness (QED) is 0.813. The number of hydrogen-bond acceptors (Lipinski definition) is 4. The summed E-state index contributed by atoms with van der Waals surface area (Å²) in [7, 11) is 0. The summed E-state index contributed by atoms with van der Waals surface area (Å²) in [5.74, 6) is 2.18. The summed E-state index contributed by atoms with van der Waals surface area (Å²) in [6, 6.07) is 3.57. The first-order chi connectivity index (χ1) is 7.31. The van der Waals surface area contributed by atoms with Gasteiger partial charge in [0.2, 0.25) is 0 Å². The Morgan fingerprint density at radius 2 is 2.20 bits per heavy atom. The molecule has 2 heterocycles. The Labute approximate surface area is 88.0 Å². The van der Waals surface area contributed by atoms with E-state index >= 15 is 0 Å². The maximum Gasteiger partial charge on any atom is 0.160 e. The van der Waals surface area contributed by atoms with Gasteiger partial charge in [0.1, 0.15) is 11.6 Å². The van der Waals surface area contributed by atoms with Crippen molar-refractivity contribution in [2.45, 2.75) is 19.8 Å². The fourth-order valence-corrected chi connectivity index (χ4v) is 1.42. The highest BCUT2D eigenvalue weighted by atomic mass is 15.2. The normalized spacial score (nSPS) is 10.5. The molecule has 0 aliphatic carbocycles. The van der Waals surface area contributed by atoms with Crippen LogP contribution in [0.5, 0.6) is 0 Å². The van der Waals surface area contributed by atoms with Crippen LogP contribution in [0.2, 0.25) is 0 Å². The summed E-state index contributed by atoms with van der Waals surface area (Å²) in [6.07, 6.45) is 5.63. The van der Waals surface area contributed by atoms with E-state index < -0.39 is 0 Å². The zero-order chi connectivity index (χ0) is 10.7. The van der Waals surface area contributed by atoms with Gasteiger partial charge in [-0.05, 0) is 18.6 Å². The summed E-state index contributed by atoms with van der Waals surface area (Å²) in [6.45, 7) is 2.12. The van der Waals surface area contributed by atoms with Crippen LogP contribution < -0.4 is 5.73 Å². The van der Waals surface area contributed by atoms with E-state index in [0.717, 1.165) is 24.5 Å². The molecule has 0 saturated heterocycles. The van der Waals surface area contributed by atoms with Crippen LogP contribution >= 0.6 is 0 Å². The summed E-state index contributed by atoms with van der Waals surface area (Å²) in [5, 5.41) is 7.83. The second-order valence-electron chi connectivity index (χ2n) is 3.28. The van der Waals surface area contributed by atoms with Crippen LogP contribution in [-0.4, -0.2) is 19.7 Å². The van der Waals surface area contributed by atoms with Crippen LogP contribution in [0.4, 0.5) is 5.82 Å². The van der Waals surface area contributed by atoms with Crippen molar-refractivity contribution in [1.29, 1.82) is 0 Å². The first-order valence-electron chi connectivity index (χ1n) is 4.93. The lowest BCUT2D eigenvalue weighted by Gasteiger charge is -2.04. The third-order valence-electron chi connectivity index (χ3n) is 2.11. The molecule has 0 spiro atoms. The average Bonchev–Trinajstić information content (AvgIpc) is 2.68. The third-order valence-corrected chi connectivity index (χ3v) is 2.11. The summed E-state index contributed by atoms with van der Waals surface area (Å²) < 4.78 is 1.93. The Hall–Kier alpha value is -1.91. The number of rotatable bonds is 3. The van der Waals surface area contributed by atoms with Crippen LogP contribution in [0, 0.1) is 0 Å². The van der Waals surface area contributed by atoms with Crippen molar-refractivity contribution in [3.05, 3.63) is 30.4 Å². The molecule has 0 aromatic carbocycles. The second-order valence-corrected chi connectivity index (χ2v) is 3.28. The lowest BCUT2D eigenvalue weighted by molar-refractivity contribution is 0.787. The van der Waals surface area contributed by atoms with Crippen LogP contribution in [0.3, 0.4) is 0 Å². The molecule has 2 N–H and O–H groups in total. The minimum atomic E-state index is 0.427. The van der Waals surface area contributed by atoms with E-state index in [0.29, 0.717) is 5.82 Å². The molecule has 0 bridgehead atoms. The van der Waals surface area contributed by atoms with Gasteiger partial charge in [-0.25, -0.2) is 4.98 Å². The van der Waals surface area contributed by atoms with Gasteiger partial charge in [0.15, 0.2) is 5.82 Å². The Morgan fingerprint density at radius 3 is 2.87 bits per heavy atom. The molecule has 0 amide bonds. The molecule has 2 rings (SSSR count). The van der Waals surface area contributed by atoms with E-state index in [2.05, 4.69) is 22.1 Å². The molecule has 0 fully saturated rings. The van der Waals surface area contributed by atoms with Gasteiger partial charge in [-0.1, -0.05) is 6.92 Å².